The van der Waals surface area contributed by atoms with E-state index in [4.69, 9.17) is 5.73 Å². The largest absolute Gasteiger partial charge is 0.324 e. The molecule has 0 radical (unpaired) electrons. The molecule has 0 saturated carbocycles. The summed E-state index contributed by atoms with van der Waals surface area (Å²) in [5.74, 6) is 0.535. The highest BCUT2D eigenvalue weighted by Gasteiger charge is 2.38. The molecule has 96 valence electrons. The van der Waals surface area contributed by atoms with Crippen LogP contribution in [0.4, 0.5) is 0 Å². The second-order valence-electron chi connectivity index (χ2n) is 5.66. The van der Waals surface area contributed by atoms with Gasteiger partial charge >= 0.3 is 0 Å². The third-order valence-electron chi connectivity index (χ3n) is 3.24. The summed E-state index contributed by atoms with van der Waals surface area (Å²) in [6, 6.07) is 0. The molecule has 0 amide bonds. The molecule has 2 unspecified atom stereocenters. The quantitative estimate of drug-likeness (QED) is 0.750. The van der Waals surface area contributed by atoms with Gasteiger partial charge in [0.25, 0.3) is 0 Å². The molecule has 5 heteroatoms. The van der Waals surface area contributed by atoms with Gasteiger partial charge in [0, 0.05) is 17.6 Å². The summed E-state index contributed by atoms with van der Waals surface area (Å²) in [5.41, 5.74) is 5.59. The molecule has 1 fully saturated rings. The van der Waals surface area contributed by atoms with Crippen LogP contribution in [0.2, 0.25) is 0 Å². The fourth-order valence-corrected chi connectivity index (χ4v) is 4.35. The summed E-state index contributed by atoms with van der Waals surface area (Å²) in [6.07, 6.45) is 2.68. The molecule has 16 heavy (non-hydrogen) atoms. The van der Waals surface area contributed by atoms with E-state index in [2.05, 4.69) is 12.2 Å². The summed E-state index contributed by atoms with van der Waals surface area (Å²) in [6.45, 7) is 6.76. The minimum atomic E-state index is -2.84. The normalized spacial score (nSPS) is 32.5. The monoisotopic (exact) mass is 248 g/mol. The number of nitrogens with one attached hydrogen (secondary N) is 1. The first-order valence-corrected chi connectivity index (χ1v) is 7.75. The second-order valence-corrected chi connectivity index (χ2v) is 7.84. The Morgan fingerprint density at radius 3 is 2.56 bits per heavy atom. The van der Waals surface area contributed by atoms with Gasteiger partial charge in [-0.3, -0.25) is 0 Å². The van der Waals surface area contributed by atoms with Crippen molar-refractivity contribution in [1.82, 2.24) is 5.32 Å². The van der Waals surface area contributed by atoms with E-state index in [-0.39, 0.29) is 16.8 Å². The third kappa shape index (κ3) is 4.03. The van der Waals surface area contributed by atoms with Gasteiger partial charge in [-0.25, -0.2) is 8.42 Å². The van der Waals surface area contributed by atoms with Crippen LogP contribution >= 0.6 is 0 Å². The van der Waals surface area contributed by atoms with Crippen molar-refractivity contribution in [3.63, 3.8) is 0 Å². The van der Waals surface area contributed by atoms with Crippen molar-refractivity contribution in [2.24, 2.45) is 5.73 Å². The first-order chi connectivity index (χ1) is 7.18. The Bertz CT molecular complexity index is 338. The van der Waals surface area contributed by atoms with E-state index in [0.29, 0.717) is 18.7 Å². The number of hydrogen-bond donors (Lipinski definition) is 2. The molecule has 3 N–H and O–H groups in total. The van der Waals surface area contributed by atoms with E-state index < -0.39 is 9.84 Å². The highest BCUT2D eigenvalue weighted by molar-refractivity contribution is 7.91. The Kier molecular flexibility index (Phi) is 4.03. The number of hydrogen-bond acceptors (Lipinski definition) is 4. The molecule has 0 aliphatic carbocycles. The number of sulfone groups is 1. The Morgan fingerprint density at radius 1 is 1.50 bits per heavy atom. The second kappa shape index (κ2) is 4.63. The van der Waals surface area contributed by atoms with Crippen molar-refractivity contribution >= 4 is 9.84 Å². The van der Waals surface area contributed by atoms with Gasteiger partial charge in [-0.2, -0.15) is 0 Å². The van der Waals surface area contributed by atoms with Crippen LogP contribution in [0.5, 0.6) is 0 Å². The Morgan fingerprint density at radius 2 is 2.12 bits per heavy atom. The maximum absolute atomic E-state index is 11.4. The minimum Gasteiger partial charge on any atom is -0.324 e. The van der Waals surface area contributed by atoms with Crippen molar-refractivity contribution in [2.75, 3.05) is 18.1 Å². The first kappa shape index (κ1) is 13.9. The highest BCUT2D eigenvalue weighted by Crippen LogP contribution is 2.23. The molecule has 0 aromatic heterocycles. The molecule has 1 aliphatic rings. The van der Waals surface area contributed by atoms with E-state index in [0.717, 1.165) is 12.8 Å². The van der Waals surface area contributed by atoms with E-state index >= 15 is 0 Å². The zero-order chi connectivity index (χ0) is 12.4. The summed E-state index contributed by atoms with van der Waals surface area (Å²) in [7, 11) is -2.84. The topological polar surface area (TPSA) is 72.2 Å². The van der Waals surface area contributed by atoms with Crippen LogP contribution in [0, 0.1) is 0 Å². The Hall–Kier alpha value is -0.130. The number of nitrogens with two attached hydrogens (primary N) is 1. The van der Waals surface area contributed by atoms with Gasteiger partial charge in [-0.1, -0.05) is 13.3 Å². The smallest absolute Gasteiger partial charge is 0.152 e. The lowest BCUT2D eigenvalue weighted by atomic mass is 9.94. The molecule has 2 atom stereocenters. The van der Waals surface area contributed by atoms with Gasteiger partial charge in [0.05, 0.1) is 11.5 Å². The highest BCUT2D eigenvalue weighted by atomic mass is 32.2. The van der Waals surface area contributed by atoms with Crippen molar-refractivity contribution in [2.45, 2.75) is 51.1 Å². The zero-order valence-electron chi connectivity index (χ0n) is 10.5. The summed E-state index contributed by atoms with van der Waals surface area (Å²) in [4.78, 5) is 0. The van der Waals surface area contributed by atoms with Crippen molar-refractivity contribution in [3.05, 3.63) is 0 Å². The summed E-state index contributed by atoms with van der Waals surface area (Å²) >= 11 is 0. The molecule has 1 heterocycles. The average Bonchev–Trinajstić information content (AvgIpc) is 2.39. The number of rotatable bonds is 5. The van der Waals surface area contributed by atoms with Gasteiger partial charge in [-0.05, 0) is 26.7 Å². The van der Waals surface area contributed by atoms with Crippen LogP contribution < -0.4 is 11.1 Å². The van der Waals surface area contributed by atoms with E-state index in [9.17, 15) is 8.42 Å². The molecular weight excluding hydrogens is 224 g/mol. The molecular formula is C11H24N2O2S. The van der Waals surface area contributed by atoms with Crippen LogP contribution in [0.3, 0.4) is 0 Å². The van der Waals surface area contributed by atoms with Crippen LogP contribution in [0.15, 0.2) is 0 Å². The van der Waals surface area contributed by atoms with E-state index in [1.807, 2.05) is 13.8 Å². The van der Waals surface area contributed by atoms with Crippen LogP contribution in [0.25, 0.3) is 0 Å². The van der Waals surface area contributed by atoms with Crippen LogP contribution in [-0.4, -0.2) is 37.5 Å². The molecule has 1 saturated heterocycles. The lowest BCUT2D eigenvalue weighted by Gasteiger charge is -2.31. The molecule has 0 bridgehead atoms. The summed E-state index contributed by atoms with van der Waals surface area (Å²) in [5, 5.41) is 3.33. The third-order valence-corrected chi connectivity index (χ3v) is 5.15. The Balaban J connectivity index is 2.50. The Labute approximate surface area is 98.9 Å². The fraction of sp³-hybridized carbons (Fsp3) is 1.00. The SMILES string of the molecule is CCCC(C)(N)CNC1(C)CCS(=O)(=O)C1. The van der Waals surface area contributed by atoms with E-state index in [1.165, 1.54) is 0 Å². The van der Waals surface area contributed by atoms with Crippen molar-refractivity contribution in [1.29, 1.82) is 0 Å². The van der Waals surface area contributed by atoms with Gasteiger partial charge in [0.2, 0.25) is 0 Å². The molecule has 0 aromatic carbocycles. The van der Waals surface area contributed by atoms with Crippen LogP contribution in [-0.2, 0) is 9.84 Å². The lowest BCUT2D eigenvalue weighted by Crippen LogP contribution is -2.54. The predicted molar refractivity (Wildman–Crippen MR) is 67.2 cm³/mol. The molecule has 1 aliphatic heterocycles. The van der Waals surface area contributed by atoms with Gasteiger partial charge < -0.3 is 11.1 Å². The first-order valence-electron chi connectivity index (χ1n) is 5.92. The van der Waals surface area contributed by atoms with Gasteiger partial charge in [0.15, 0.2) is 9.84 Å². The maximum atomic E-state index is 11.4. The molecule has 4 nitrogen and oxygen atoms in total. The molecule has 0 spiro atoms. The van der Waals surface area contributed by atoms with Crippen LogP contribution in [0.1, 0.15) is 40.0 Å². The molecule has 0 aromatic rings. The van der Waals surface area contributed by atoms with Gasteiger partial charge in [0.1, 0.15) is 0 Å². The standard InChI is InChI=1S/C11H24N2O2S/c1-4-5-10(2,12)8-13-11(3)6-7-16(14,15)9-11/h13H,4-9,12H2,1-3H3. The zero-order valence-corrected chi connectivity index (χ0v) is 11.4. The molecule has 1 rings (SSSR count). The van der Waals surface area contributed by atoms with E-state index in [1.54, 1.807) is 0 Å². The van der Waals surface area contributed by atoms with Crippen molar-refractivity contribution < 1.29 is 8.42 Å². The fourth-order valence-electron chi connectivity index (χ4n) is 2.22. The van der Waals surface area contributed by atoms with Crippen molar-refractivity contribution in [3.8, 4) is 0 Å². The average molecular weight is 248 g/mol. The lowest BCUT2D eigenvalue weighted by molar-refractivity contribution is 0.320. The summed E-state index contributed by atoms with van der Waals surface area (Å²) < 4.78 is 22.9. The minimum absolute atomic E-state index is 0.238. The maximum Gasteiger partial charge on any atom is 0.152 e. The van der Waals surface area contributed by atoms with Gasteiger partial charge in [-0.15, -0.1) is 0 Å². The predicted octanol–water partition coefficient (Wildman–Crippen LogP) is 0.671.